The van der Waals surface area contributed by atoms with Crippen molar-refractivity contribution < 1.29 is 9.53 Å². The molecule has 1 saturated heterocycles. The Labute approximate surface area is 79.0 Å². The predicted octanol–water partition coefficient (Wildman–Crippen LogP) is 0.814. The molecule has 0 bridgehead atoms. The van der Waals surface area contributed by atoms with E-state index in [1.165, 1.54) is 7.11 Å². The lowest BCUT2D eigenvalue weighted by Gasteiger charge is -2.30. The first-order chi connectivity index (χ1) is 6.27. The lowest BCUT2D eigenvalue weighted by molar-refractivity contribution is 0.105. The molecule has 4 nitrogen and oxygen atoms in total. The molecule has 1 aliphatic heterocycles. The average Bonchev–Trinajstić information content (AvgIpc) is 2.18. The van der Waals surface area contributed by atoms with E-state index in [1.807, 2.05) is 0 Å². The van der Waals surface area contributed by atoms with Crippen LogP contribution in [0.15, 0.2) is 0 Å². The van der Waals surface area contributed by atoms with Crippen LogP contribution < -0.4 is 5.73 Å². The maximum absolute atomic E-state index is 11.1. The zero-order valence-corrected chi connectivity index (χ0v) is 8.16. The number of likely N-dealkylation sites (tertiary alicyclic amines) is 1. The number of hydrogen-bond donors (Lipinski definition) is 1. The van der Waals surface area contributed by atoms with Crippen LogP contribution in [0.3, 0.4) is 0 Å². The summed E-state index contributed by atoms with van der Waals surface area (Å²) < 4.78 is 4.65. The molecular formula is C9H18N2O2. The summed E-state index contributed by atoms with van der Waals surface area (Å²) in [5.41, 5.74) is 5.47. The van der Waals surface area contributed by atoms with Crippen molar-refractivity contribution in [2.75, 3.05) is 26.7 Å². The normalized spacial score (nSPS) is 18.8. The highest BCUT2D eigenvalue weighted by Crippen LogP contribution is 2.19. The topological polar surface area (TPSA) is 55.6 Å². The SMILES string of the molecule is COC(=O)N1CCC(CCN)CC1. The van der Waals surface area contributed by atoms with Crippen LogP contribution >= 0.6 is 0 Å². The fourth-order valence-corrected chi connectivity index (χ4v) is 1.77. The monoisotopic (exact) mass is 186 g/mol. The van der Waals surface area contributed by atoms with Crippen molar-refractivity contribution in [3.05, 3.63) is 0 Å². The van der Waals surface area contributed by atoms with E-state index in [0.29, 0.717) is 5.92 Å². The van der Waals surface area contributed by atoms with Gasteiger partial charge in [0.2, 0.25) is 0 Å². The molecule has 0 aromatic heterocycles. The van der Waals surface area contributed by atoms with Gasteiger partial charge in [-0.3, -0.25) is 0 Å². The molecule has 1 fully saturated rings. The number of nitrogens with two attached hydrogens (primary N) is 1. The van der Waals surface area contributed by atoms with Crippen molar-refractivity contribution in [1.29, 1.82) is 0 Å². The predicted molar refractivity (Wildman–Crippen MR) is 50.4 cm³/mol. The molecule has 76 valence electrons. The van der Waals surface area contributed by atoms with Gasteiger partial charge in [-0.1, -0.05) is 0 Å². The molecule has 0 aromatic carbocycles. The van der Waals surface area contributed by atoms with E-state index >= 15 is 0 Å². The third kappa shape index (κ3) is 2.88. The third-order valence-electron chi connectivity index (χ3n) is 2.62. The lowest BCUT2D eigenvalue weighted by atomic mass is 9.94. The van der Waals surface area contributed by atoms with Gasteiger partial charge in [-0.25, -0.2) is 4.79 Å². The van der Waals surface area contributed by atoms with E-state index in [9.17, 15) is 4.79 Å². The summed E-state index contributed by atoms with van der Waals surface area (Å²) in [7, 11) is 1.42. The number of nitrogens with zero attached hydrogens (tertiary/aromatic N) is 1. The molecule has 2 N–H and O–H groups in total. The molecule has 0 aliphatic carbocycles. The highest BCUT2D eigenvalue weighted by atomic mass is 16.5. The highest BCUT2D eigenvalue weighted by molar-refractivity contribution is 5.67. The molecule has 0 spiro atoms. The van der Waals surface area contributed by atoms with Crippen LogP contribution in [0, 0.1) is 5.92 Å². The van der Waals surface area contributed by atoms with Gasteiger partial charge in [0, 0.05) is 13.1 Å². The molecule has 0 unspecified atom stereocenters. The van der Waals surface area contributed by atoms with E-state index < -0.39 is 0 Å². The van der Waals surface area contributed by atoms with E-state index in [-0.39, 0.29) is 6.09 Å². The van der Waals surface area contributed by atoms with Crippen molar-refractivity contribution in [2.24, 2.45) is 11.7 Å². The molecule has 0 saturated carbocycles. The maximum Gasteiger partial charge on any atom is 0.409 e. The molecule has 1 heterocycles. The largest absolute Gasteiger partial charge is 0.453 e. The molecule has 0 radical (unpaired) electrons. The molecule has 1 aliphatic rings. The molecule has 1 amide bonds. The quantitative estimate of drug-likeness (QED) is 0.694. The first-order valence-corrected chi connectivity index (χ1v) is 4.81. The van der Waals surface area contributed by atoms with Crippen LogP contribution in [0.5, 0.6) is 0 Å². The van der Waals surface area contributed by atoms with Gasteiger partial charge in [0.05, 0.1) is 7.11 Å². The lowest BCUT2D eigenvalue weighted by Crippen LogP contribution is -2.38. The molecule has 4 heteroatoms. The summed E-state index contributed by atoms with van der Waals surface area (Å²) in [6.45, 7) is 2.39. The molecule has 1 rings (SSSR count). The van der Waals surface area contributed by atoms with Crippen LogP contribution in [0.25, 0.3) is 0 Å². The minimum Gasteiger partial charge on any atom is -0.453 e. The standard InChI is InChI=1S/C9H18N2O2/c1-13-9(12)11-6-3-8(2-5-10)4-7-11/h8H,2-7,10H2,1H3. The zero-order valence-electron chi connectivity index (χ0n) is 8.16. The van der Waals surface area contributed by atoms with Gasteiger partial charge < -0.3 is 15.4 Å². The summed E-state index contributed by atoms with van der Waals surface area (Å²) in [6.07, 6.45) is 3.00. The van der Waals surface area contributed by atoms with Crippen LogP contribution in [-0.4, -0.2) is 37.7 Å². The van der Waals surface area contributed by atoms with Crippen LogP contribution in [0.1, 0.15) is 19.3 Å². The second kappa shape index (κ2) is 5.07. The summed E-state index contributed by atoms with van der Waals surface area (Å²) in [4.78, 5) is 12.9. The van der Waals surface area contributed by atoms with Gasteiger partial charge in [0.1, 0.15) is 0 Å². The molecule has 13 heavy (non-hydrogen) atoms. The van der Waals surface area contributed by atoms with Gasteiger partial charge >= 0.3 is 6.09 Å². The summed E-state index contributed by atoms with van der Waals surface area (Å²) in [5.74, 6) is 0.700. The van der Waals surface area contributed by atoms with Gasteiger partial charge in [0.15, 0.2) is 0 Å². The Balaban J connectivity index is 2.26. The van der Waals surface area contributed by atoms with Crippen LogP contribution in [0.4, 0.5) is 4.79 Å². The Bertz CT molecular complexity index is 165. The van der Waals surface area contributed by atoms with E-state index in [1.54, 1.807) is 4.90 Å². The Morgan fingerprint density at radius 1 is 1.54 bits per heavy atom. The number of rotatable bonds is 2. The van der Waals surface area contributed by atoms with Crippen molar-refractivity contribution in [3.63, 3.8) is 0 Å². The molecular weight excluding hydrogens is 168 g/mol. The van der Waals surface area contributed by atoms with Gasteiger partial charge in [0.25, 0.3) is 0 Å². The number of piperidine rings is 1. The number of carbonyl (C=O) groups excluding carboxylic acids is 1. The van der Waals surface area contributed by atoms with Crippen molar-refractivity contribution in [3.8, 4) is 0 Å². The number of hydrogen-bond acceptors (Lipinski definition) is 3. The minimum atomic E-state index is -0.203. The Kier molecular flexibility index (Phi) is 4.02. The maximum atomic E-state index is 11.1. The van der Waals surface area contributed by atoms with E-state index in [0.717, 1.165) is 38.9 Å². The smallest absolute Gasteiger partial charge is 0.409 e. The summed E-state index contributed by atoms with van der Waals surface area (Å²) >= 11 is 0. The Morgan fingerprint density at radius 3 is 2.62 bits per heavy atom. The minimum absolute atomic E-state index is 0.203. The highest BCUT2D eigenvalue weighted by Gasteiger charge is 2.22. The van der Waals surface area contributed by atoms with Crippen LogP contribution in [0.2, 0.25) is 0 Å². The summed E-state index contributed by atoms with van der Waals surface area (Å²) in [5, 5.41) is 0. The van der Waals surface area contributed by atoms with Crippen LogP contribution in [-0.2, 0) is 4.74 Å². The molecule has 0 aromatic rings. The van der Waals surface area contributed by atoms with Gasteiger partial charge in [-0.05, 0) is 31.7 Å². The number of amides is 1. The zero-order chi connectivity index (χ0) is 9.68. The Morgan fingerprint density at radius 2 is 2.15 bits per heavy atom. The van der Waals surface area contributed by atoms with Gasteiger partial charge in [-0.15, -0.1) is 0 Å². The number of carbonyl (C=O) groups is 1. The second-order valence-corrected chi connectivity index (χ2v) is 3.48. The first-order valence-electron chi connectivity index (χ1n) is 4.81. The average molecular weight is 186 g/mol. The van der Waals surface area contributed by atoms with Crippen molar-refractivity contribution >= 4 is 6.09 Å². The third-order valence-corrected chi connectivity index (χ3v) is 2.62. The molecule has 0 atom stereocenters. The number of methoxy groups -OCH3 is 1. The van der Waals surface area contributed by atoms with Crippen molar-refractivity contribution in [1.82, 2.24) is 4.90 Å². The first kappa shape index (κ1) is 10.3. The van der Waals surface area contributed by atoms with Gasteiger partial charge in [-0.2, -0.15) is 0 Å². The fraction of sp³-hybridized carbons (Fsp3) is 0.889. The Hall–Kier alpha value is -0.770. The second-order valence-electron chi connectivity index (χ2n) is 3.48. The number of ether oxygens (including phenoxy) is 1. The van der Waals surface area contributed by atoms with Crippen molar-refractivity contribution in [2.45, 2.75) is 19.3 Å². The van der Waals surface area contributed by atoms with E-state index in [4.69, 9.17) is 5.73 Å². The van der Waals surface area contributed by atoms with E-state index in [2.05, 4.69) is 4.74 Å². The summed E-state index contributed by atoms with van der Waals surface area (Å²) in [6, 6.07) is 0. The fourth-order valence-electron chi connectivity index (χ4n) is 1.77.